The van der Waals surface area contributed by atoms with Crippen LogP contribution in [0.4, 0.5) is 0 Å². The maximum Gasteiger partial charge on any atom is 0.0547 e. The minimum absolute atomic E-state index is 1.03. The number of para-hydroxylation sites is 2. The third-order valence-corrected chi connectivity index (χ3v) is 12.5. The molecule has 1 nitrogen and oxygen atoms in total. The van der Waals surface area contributed by atoms with Crippen LogP contribution in [0.5, 0.6) is 0 Å². The van der Waals surface area contributed by atoms with Crippen molar-refractivity contribution >= 4 is 56.5 Å². The highest BCUT2D eigenvalue weighted by Gasteiger charge is 2.26. The number of nitrogens with zero attached hydrogens (tertiary/aromatic N) is 1. The lowest BCUT2D eigenvalue weighted by Gasteiger charge is -2.27. The molecule has 1 aromatic heterocycles. The summed E-state index contributed by atoms with van der Waals surface area (Å²) in [6, 6.07) is 62.5. The van der Waals surface area contributed by atoms with Crippen LogP contribution in [0, 0.1) is 0 Å². The number of benzene rings is 7. The van der Waals surface area contributed by atoms with Crippen LogP contribution in [0.25, 0.3) is 60.9 Å². The van der Waals surface area contributed by atoms with Gasteiger partial charge in [0.1, 0.15) is 0 Å². The van der Waals surface area contributed by atoms with E-state index in [2.05, 4.69) is 181 Å². The van der Waals surface area contributed by atoms with E-state index in [1.54, 1.807) is 0 Å². The molecule has 3 heteroatoms. The first-order chi connectivity index (χ1) is 25.3. The van der Waals surface area contributed by atoms with Gasteiger partial charge in [0.2, 0.25) is 0 Å². The number of thioether (sulfide) groups is 1. The summed E-state index contributed by atoms with van der Waals surface area (Å²) in [7, 11) is 0. The first kappa shape index (κ1) is 30.4. The fourth-order valence-electron chi connectivity index (χ4n) is 7.81. The Morgan fingerprint density at radius 2 is 1.06 bits per heavy atom. The molecule has 0 bridgehead atoms. The van der Waals surface area contributed by atoms with Crippen LogP contribution < -0.4 is 0 Å². The lowest BCUT2D eigenvalue weighted by Crippen LogP contribution is -2.02. The number of hydrogen-bond acceptors (Lipinski definition) is 2. The summed E-state index contributed by atoms with van der Waals surface area (Å²) in [5.41, 5.74) is 13.9. The minimum atomic E-state index is 1.03. The van der Waals surface area contributed by atoms with Gasteiger partial charge in [0.25, 0.3) is 0 Å². The predicted octanol–water partition coefficient (Wildman–Crippen LogP) is 14.0. The summed E-state index contributed by atoms with van der Waals surface area (Å²) in [5.74, 6) is 0. The number of allylic oxidation sites excluding steroid dienone is 4. The van der Waals surface area contributed by atoms with Crippen molar-refractivity contribution in [1.29, 1.82) is 0 Å². The summed E-state index contributed by atoms with van der Waals surface area (Å²) >= 11 is 3.85. The molecule has 2 heterocycles. The molecule has 0 atom stereocenters. The summed E-state index contributed by atoms with van der Waals surface area (Å²) in [6.45, 7) is 0. The van der Waals surface area contributed by atoms with Crippen molar-refractivity contribution in [3.8, 4) is 27.9 Å². The number of fused-ring (bicyclic) bond motifs is 8. The van der Waals surface area contributed by atoms with Gasteiger partial charge in [-0.1, -0.05) is 151 Å². The maximum absolute atomic E-state index is 2.45. The van der Waals surface area contributed by atoms with E-state index in [1.807, 2.05) is 23.5 Å². The van der Waals surface area contributed by atoms with E-state index in [0.717, 1.165) is 12.8 Å². The average Bonchev–Trinajstić information content (AvgIpc) is 3.53. The largest absolute Gasteiger partial charge is 0.309 e. The molecular formula is C48H33NS2. The second-order valence-corrected chi connectivity index (χ2v) is 15.4. The van der Waals surface area contributed by atoms with E-state index < -0.39 is 0 Å². The molecular weight excluding hydrogens is 655 g/mol. The van der Waals surface area contributed by atoms with Crippen LogP contribution in [0.2, 0.25) is 0 Å². The van der Waals surface area contributed by atoms with Crippen molar-refractivity contribution in [3.05, 3.63) is 192 Å². The van der Waals surface area contributed by atoms with Crippen LogP contribution in [0.15, 0.2) is 196 Å². The zero-order chi connectivity index (χ0) is 33.7. The molecule has 0 saturated heterocycles. The fraction of sp³-hybridized carbons (Fsp3) is 0.0417. The highest BCUT2D eigenvalue weighted by molar-refractivity contribution is 8.03. The minimum Gasteiger partial charge on any atom is -0.309 e. The van der Waals surface area contributed by atoms with E-state index in [0.29, 0.717) is 0 Å². The van der Waals surface area contributed by atoms with Crippen molar-refractivity contribution in [2.45, 2.75) is 27.5 Å². The third kappa shape index (κ3) is 5.28. The van der Waals surface area contributed by atoms with Crippen molar-refractivity contribution in [1.82, 2.24) is 4.57 Å². The van der Waals surface area contributed by atoms with Crippen LogP contribution >= 0.6 is 23.5 Å². The molecule has 8 aromatic rings. The zero-order valence-corrected chi connectivity index (χ0v) is 29.6. The molecule has 0 fully saturated rings. The van der Waals surface area contributed by atoms with E-state index in [9.17, 15) is 0 Å². The molecule has 1 aliphatic heterocycles. The molecule has 1 aliphatic carbocycles. The summed E-state index contributed by atoms with van der Waals surface area (Å²) in [5, 5.41) is 2.55. The lowest BCUT2D eigenvalue weighted by molar-refractivity contribution is 1.03. The van der Waals surface area contributed by atoms with Gasteiger partial charge in [0.15, 0.2) is 0 Å². The quantitative estimate of drug-likeness (QED) is 0.182. The fourth-order valence-corrected chi connectivity index (χ4v) is 10.1. The van der Waals surface area contributed by atoms with Crippen molar-refractivity contribution in [2.24, 2.45) is 0 Å². The number of rotatable bonds is 3. The van der Waals surface area contributed by atoms with Gasteiger partial charge in [-0.2, -0.15) is 0 Å². The van der Waals surface area contributed by atoms with Crippen LogP contribution in [0.3, 0.4) is 0 Å². The molecule has 0 N–H and O–H groups in total. The molecule has 0 spiro atoms. The smallest absolute Gasteiger partial charge is 0.0547 e. The van der Waals surface area contributed by atoms with Crippen molar-refractivity contribution in [2.75, 3.05) is 0 Å². The van der Waals surface area contributed by atoms with Gasteiger partial charge in [-0.15, -0.1) is 0 Å². The Morgan fingerprint density at radius 1 is 0.431 bits per heavy atom. The van der Waals surface area contributed by atoms with Gasteiger partial charge in [0.05, 0.1) is 11.0 Å². The topological polar surface area (TPSA) is 4.93 Å². The Bertz CT molecular complexity index is 2680. The Kier molecular flexibility index (Phi) is 7.55. The molecule has 7 aromatic carbocycles. The lowest BCUT2D eigenvalue weighted by atomic mass is 9.87. The maximum atomic E-state index is 2.45. The number of hydrogen-bond donors (Lipinski definition) is 0. The van der Waals surface area contributed by atoms with Crippen LogP contribution in [-0.2, 0) is 0 Å². The second kappa shape index (κ2) is 12.7. The Labute approximate surface area is 307 Å². The summed E-state index contributed by atoms with van der Waals surface area (Å²) < 4.78 is 2.41. The standard InChI is InChI=1S/C48H33NS2/c1-3-14-32(15-4-1)36-21-13-25-47-48(36)40-20-9-12-24-45(40)50-44-23-11-8-19-39(44)41-30-33(27-29-46(41)51-47)34-26-28-38-37-18-7-10-22-42(37)49(43(38)31-34)35-16-5-2-6-17-35/h1-12,14-24,26-31H,13,25H2. The molecule has 0 amide bonds. The van der Waals surface area contributed by atoms with Gasteiger partial charge in [-0.25, -0.2) is 0 Å². The van der Waals surface area contributed by atoms with Crippen LogP contribution in [0.1, 0.15) is 24.0 Å². The van der Waals surface area contributed by atoms with Crippen LogP contribution in [-0.4, -0.2) is 4.57 Å². The van der Waals surface area contributed by atoms with Crippen molar-refractivity contribution < 1.29 is 0 Å². The molecule has 242 valence electrons. The van der Waals surface area contributed by atoms with E-state index in [4.69, 9.17) is 0 Å². The number of aromatic nitrogens is 1. The highest BCUT2D eigenvalue weighted by Crippen LogP contribution is 2.52. The third-order valence-electron chi connectivity index (χ3n) is 10.1. The Hall–Kier alpha value is -5.48. The molecule has 0 saturated carbocycles. The highest BCUT2D eigenvalue weighted by atomic mass is 32.2. The monoisotopic (exact) mass is 687 g/mol. The second-order valence-electron chi connectivity index (χ2n) is 13.1. The molecule has 51 heavy (non-hydrogen) atoms. The normalized spacial score (nSPS) is 14.0. The first-order valence-corrected chi connectivity index (χ1v) is 19.2. The SMILES string of the molecule is C1=C(c2ccccc2)C2=C(CC1)Sc1ccc(-c3ccc4c5ccccc5n(-c5ccccc5)c4c3)cc1-c1ccccc1Sc1ccccc12. The Balaban J connectivity index is 1.18. The van der Waals surface area contributed by atoms with E-state index in [-0.39, 0.29) is 0 Å². The molecule has 0 unspecified atom stereocenters. The van der Waals surface area contributed by atoms with Gasteiger partial charge in [-0.05, 0) is 105 Å². The average molecular weight is 688 g/mol. The molecule has 2 aliphatic rings. The van der Waals surface area contributed by atoms with Gasteiger partial charge in [0, 0.05) is 36.7 Å². The molecule has 10 rings (SSSR count). The van der Waals surface area contributed by atoms with Crippen molar-refractivity contribution in [3.63, 3.8) is 0 Å². The van der Waals surface area contributed by atoms with E-state index in [1.165, 1.54) is 91.6 Å². The van der Waals surface area contributed by atoms with Gasteiger partial charge >= 0.3 is 0 Å². The summed E-state index contributed by atoms with van der Waals surface area (Å²) in [6.07, 6.45) is 4.51. The summed E-state index contributed by atoms with van der Waals surface area (Å²) in [4.78, 5) is 5.30. The first-order valence-electron chi connectivity index (χ1n) is 17.6. The predicted molar refractivity (Wildman–Crippen MR) is 219 cm³/mol. The van der Waals surface area contributed by atoms with Gasteiger partial charge < -0.3 is 4.57 Å². The Morgan fingerprint density at radius 3 is 1.90 bits per heavy atom. The van der Waals surface area contributed by atoms with Gasteiger partial charge in [-0.3, -0.25) is 0 Å². The zero-order valence-electron chi connectivity index (χ0n) is 27.9. The molecule has 0 radical (unpaired) electrons. The van der Waals surface area contributed by atoms with E-state index >= 15 is 0 Å².